The number of carbonyl (C=O) groups excluding carboxylic acids is 2. The zero-order chi connectivity index (χ0) is 22.8. The maximum Gasteiger partial charge on any atom is 0.293 e. The molecular weight excluding hydrogens is 419 g/mol. The predicted molar refractivity (Wildman–Crippen MR) is 115 cm³/mol. The van der Waals surface area contributed by atoms with Crippen LogP contribution >= 0.6 is 0 Å². The number of nitrogens with one attached hydrogen (secondary N) is 3. The summed E-state index contributed by atoms with van der Waals surface area (Å²) in [5.41, 5.74) is 0.553. The Kier molecular flexibility index (Phi) is 5.59. The molecule has 3 N–H and O–H groups in total. The number of anilines is 3. The fourth-order valence-electron chi connectivity index (χ4n) is 3.11. The van der Waals surface area contributed by atoms with E-state index < -0.39 is 22.6 Å². The number of furan rings is 1. The first kappa shape index (κ1) is 21.0. The van der Waals surface area contributed by atoms with E-state index in [2.05, 4.69) is 16.0 Å². The van der Waals surface area contributed by atoms with Gasteiger partial charge >= 0.3 is 0 Å². The molecule has 4 rings (SSSR count). The van der Waals surface area contributed by atoms with Gasteiger partial charge in [0.25, 0.3) is 17.5 Å². The first-order valence-corrected chi connectivity index (χ1v) is 9.83. The van der Waals surface area contributed by atoms with Gasteiger partial charge in [-0.05, 0) is 56.2 Å². The molecule has 32 heavy (non-hydrogen) atoms. The molecular formula is C22H19FN4O5. The van der Waals surface area contributed by atoms with Crippen LogP contribution in [-0.2, 0) is 0 Å². The van der Waals surface area contributed by atoms with Crippen molar-refractivity contribution < 1.29 is 23.3 Å². The Hall–Kier alpha value is -4.21. The number of rotatable bonds is 7. The standard InChI is InChI=1S/C22H19FN4O5/c1-12-16(8-9-32-12)22(29)26-19-11-15(5-6-17(19)23)25-21(28)13-2-7-18(24-14-3-4-14)20(10-13)27(30)31/h2,5-11,14,24H,3-4H2,1H3,(H,25,28)(H,26,29). The molecule has 2 aromatic carbocycles. The number of aryl methyl sites for hydroxylation is 1. The summed E-state index contributed by atoms with van der Waals surface area (Å²) in [4.78, 5) is 35.8. The minimum absolute atomic E-state index is 0.0713. The van der Waals surface area contributed by atoms with Gasteiger partial charge in [0.15, 0.2) is 0 Å². The molecule has 0 radical (unpaired) electrons. The van der Waals surface area contributed by atoms with Crippen molar-refractivity contribution >= 4 is 34.6 Å². The highest BCUT2D eigenvalue weighted by Gasteiger charge is 2.25. The summed E-state index contributed by atoms with van der Waals surface area (Å²) >= 11 is 0. The van der Waals surface area contributed by atoms with Crippen molar-refractivity contribution in [1.29, 1.82) is 0 Å². The SMILES string of the molecule is Cc1occc1C(=O)Nc1cc(NC(=O)c2ccc(NC3CC3)c([N+](=O)[O-])c2)ccc1F. The topological polar surface area (TPSA) is 127 Å². The van der Waals surface area contributed by atoms with Gasteiger partial charge < -0.3 is 20.4 Å². The molecule has 0 unspecified atom stereocenters. The number of nitrogens with zero attached hydrogens (tertiary/aromatic N) is 1. The Balaban J connectivity index is 1.51. The molecule has 1 fully saturated rings. The molecule has 0 spiro atoms. The molecule has 10 heteroatoms. The number of carbonyl (C=O) groups is 2. The number of hydrogen-bond acceptors (Lipinski definition) is 6. The lowest BCUT2D eigenvalue weighted by Crippen LogP contribution is -2.15. The lowest BCUT2D eigenvalue weighted by molar-refractivity contribution is -0.384. The first-order chi connectivity index (χ1) is 15.3. The molecule has 0 aliphatic heterocycles. The number of halogens is 1. The summed E-state index contributed by atoms with van der Waals surface area (Å²) in [7, 11) is 0. The van der Waals surface area contributed by atoms with Gasteiger partial charge in [-0.15, -0.1) is 0 Å². The molecule has 9 nitrogen and oxygen atoms in total. The number of amides is 2. The molecule has 0 saturated heterocycles. The van der Waals surface area contributed by atoms with Crippen molar-refractivity contribution in [3.05, 3.63) is 81.5 Å². The monoisotopic (exact) mass is 438 g/mol. The third kappa shape index (κ3) is 4.59. The Morgan fingerprint density at radius 2 is 1.84 bits per heavy atom. The minimum Gasteiger partial charge on any atom is -0.469 e. The zero-order valence-corrected chi connectivity index (χ0v) is 17.0. The summed E-state index contributed by atoms with van der Waals surface area (Å²) in [5, 5.41) is 19.5. The van der Waals surface area contributed by atoms with Crippen LogP contribution in [-0.4, -0.2) is 22.8 Å². The van der Waals surface area contributed by atoms with E-state index in [1.54, 1.807) is 6.92 Å². The van der Waals surface area contributed by atoms with Crippen LogP contribution in [0.4, 0.5) is 27.1 Å². The fourth-order valence-corrected chi connectivity index (χ4v) is 3.11. The summed E-state index contributed by atoms with van der Waals surface area (Å²) in [6, 6.07) is 9.51. The maximum absolute atomic E-state index is 14.2. The lowest BCUT2D eigenvalue weighted by atomic mass is 10.1. The fraction of sp³-hybridized carbons (Fsp3) is 0.182. The van der Waals surface area contributed by atoms with Crippen LogP contribution in [0.5, 0.6) is 0 Å². The van der Waals surface area contributed by atoms with E-state index in [4.69, 9.17) is 4.42 Å². The summed E-state index contributed by atoms with van der Waals surface area (Å²) in [6.45, 7) is 1.60. The Bertz CT molecular complexity index is 1220. The number of nitro benzene ring substituents is 1. The first-order valence-electron chi connectivity index (χ1n) is 9.83. The largest absolute Gasteiger partial charge is 0.469 e. The van der Waals surface area contributed by atoms with Crippen LogP contribution in [0.25, 0.3) is 0 Å². The highest BCUT2D eigenvalue weighted by Crippen LogP contribution is 2.32. The second-order valence-electron chi connectivity index (χ2n) is 7.40. The molecule has 1 heterocycles. The maximum atomic E-state index is 14.2. The van der Waals surface area contributed by atoms with Gasteiger partial charge in [0.1, 0.15) is 17.3 Å². The third-order valence-electron chi connectivity index (χ3n) is 4.97. The van der Waals surface area contributed by atoms with Crippen LogP contribution in [0.1, 0.15) is 39.3 Å². The van der Waals surface area contributed by atoms with Gasteiger partial charge in [-0.2, -0.15) is 0 Å². The highest BCUT2D eigenvalue weighted by molar-refractivity contribution is 6.07. The quantitative estimate of drug-likeness (QED) is 0.362. The number of benzene rings is 2. The summed E-state index contributed by atoms with van der Waals surface area (Å²) in [6.07, 6.45) is 3.24. The molecule has 1 aromatic heterocycles. The predicted octanol–water partition coefficient (Wildman–Crippen LogP) is 4.71. The van der Waals surface area contributed by atoms with E-state index in [0.717, 1.165) is 18.9 Å². The van der Waals surface area contributed by atoms with E-state index in [0.29, 0.717) is 11.4 Å². The summed E-state index contributed by atoms with van der Waals surface area (Å²) < 4.78 is 19.3. The van der Waals surface area contributed by atoms with Crippen molar-refractivity contribution in [2.75, 3.05) is 16.0 Å². The van der Waals surface area contributed by atoms with Crippen molar-refractivity contribution in [1.82, 2.24) is 0 Å². The molecule has 1 aliphatic carbocycles. The van der Waals surface area contributed by atoms with E-state index in [1.165, 1.54) is 42.7 Å². The summed E-state index contributed by atoms with van der Waals surface area (Å²) in [5.74, 6) is -1.48. The second-order valence-corrected chi connectivity index (χ2v) is 7.40. The Labute approximate surface area is 181 Å². The Morgan fingerprint density at radius 1 is 1.06 bits per heavy atom. The van der Waals surface area contributed by atoms with Crippen LogP contribution < -0.4 is 16.0 Å². The zero-order valence-electron chi connectivity index (χ0n) is 17.0. The molecule has 0 atom stereocenters. The van der Waals surface area contributed by atoms with Crippen molar-refractivity contribution in [3.8, 4) is 0 Å². The molecule has 0 bridgehead atoms. The van der Waals surface area contributed by atoms with E-state index in [9.17, 15) is 24.1 Å². The van der Waals surface area contributed by atoms with Crippen molar-refractivity contribution in [2.24, 2.45) is 0 Å². The van der Waals surface area contributed by atoms with Gasteiger partial charge in [-0.3, -0.25) is 19.7 Å². The third-order valence-corrected chi connectivity index (χ3v) is 4.97. The average molecular weight is 438 g/mol. The highest BCUT2D eigenvalue weighted by atomic mass is 19.1. The van der Waals surface area contributed by atoms with Gasteiger partial charge in [-0.1, -0.05) is 0 Å². The van der Waals surface area contributed by atoms with Crippen LogP contribution in [0.2, 0.25) is 0 Å². The van der Waals surface area contributed by atoms with E-state index in [1.807, 2.05) is 0 Å². The number of nitro groups is 1. The van der Waals surface area contributed by atoms with Crippen molar-refractivity contribution in [2.45, 2.75) is 25.8 Å². The normalized spacial score (nSPS) is 12.8. The van der Waals surface area contributed by atoms with Gasteiger partial charge in [0, 0.05) is 23.4 Å². The average Bonchev–Trinajstić information content (AvgIpc) is 3.47. The molecule has 2 amide bonds. The molecule has 164 valence electrons. The van der Waals surface area contributed by atoms with Gasteiger partial charge in [0.05, 0.1) is 22.4 Å². The van der Waals surface area contributed by atoms with E-state index in [-0.39, 0.29) is 34.2 Å². The van der Waals surface area contributed by atoms with Crippen LogP contribution in [0.3, 0.4) is 0 Å². The van der Waals surface area contributed by atoms with Gasteiger partial charge in [0.2, 0.25) is 0 Å². The van der Waals surface area contributed by atoms with Crippen molar-refractivity contribution in [3.63, 3.8) is 0 Å². The minimum atomic E-state index is -0.691. The molecule has 3 aromatic rings. The molecule has 1 saturated carbocycles. The van der Waals surface area contributed by atoms with E-state index >= 15 is 0 Å². The molecule has 1 aliphatic rings. The van der Waals surface area contributed by atoms with Crippen LogP contribution in [0.15, 0.2) is 53.1 Å². The van der Waals surface area contributed by atoms with Gasteiger partial charge in [-0.25, -0.2) is 4.39 Å². The smallest absolute Gasteiger partial charge is 0.293 e. The van der Waals surface area contributed by atoms with Crippen LogP contribution in [0, 0.1) is 22.9 Å². The number of hydrogen-bond donors (Lipinski definition) is 3. The lowest BCUT2D eigenvalue weighted by Gasteiger charge is -2.11. The second kappa shape index (κ2) is 8.50. The Morgan fingerprint density at radius 3 is 2.50 bits per heavy atom.